The predicted octanol–water partition coefficient (Wildman–Crippen LogP) is 2.49. The highest BCUT2D eigenvalue weighted by Crippen LogP contribution is 2.15. The molecule has 2 atom stereocenters. The maximum atomic E-state index is 12.0. The van der Waals surface area contributed by atoms with Crippen LogP contribution in [0.4, 0.5) is 0 Å². The highest BCUT2D eigenvalue weighted by atomic mass is 16.5. The largest absolute Gasteiger partial charge is 0.377 e. The molecule has 1 fully saturated rings. The quantitative estimate of drug-likeness (QED) is 0.726. The summed E-state index contributed by atoms with van der Waals surface area (Å²) in [5.41, 5.74) is 1.20. The van der Waals surface area contributed by atoms with Gasteiger partial charge in [-0.2, -0.15) is 0 Å². The summed E-state index contributed by atoms with van der Waals surface area (Å²) in [6, 6.07) is 10.7. The number of nitrogens with one attached hydrogen (secondary N) is 2. The van der Waals surface area contributed by atoms with Crippen molar-refractivity contribution in [3.05, 3.63) is 35.9 Å². The van der Waals surface area contributed by atoms with Crippen LogP contribution in [0.1, 0.15) is 38.2 Å². The summed E-state index contributed by atoms with van der Waals surface area (Å²) in [4.78, 5) is 12.0. The minimum Gasteiger partial charge on any atom is -0.377 e. The van der Waals surface area contributed by atoms with Gasteiger partial charge in [-0.1, -0.05) is 30.3 Å². The monoisotopic (exact) mass is 304 g/mol. The topological polar surface area (TPSA) is 50.4 Å². The minimum absolute atomic E-state index is 0.186. The number of unbranched alkanes of at least 4 members (excludes halogenated alkanes) is 1. The van der Waals surface area contributed by atoms with Crippen LogP contribution in [0.15, 0.2) is 30.3 Å². The Hall–Kier alpha value is -1.39. The van der Waals surface area contributed by atoms with Crippen LogP contribution >= 0.6 is 0 Å². The van der Waals surface area contributed by atoms with Crippen LogP contribution in [0, 0.1) is 5.92 Å². The molecular formula is C18H28N2O2. The number of ether oxygens (including phenoxy) is 1. The first kappa shape index (κ1) is 17.0. The van der Waals surface area contributed by atoms with Crippen LogP contribution < -0.4 is 10.6 Å². The molecule has 4 nitrogen and oxygen atoms in total. The van der Waals surface area contributed by atoms with Crippen LogP contribution in [0.25, 0.3) is 0 Å². The fourth-order valence-corrected chi connectivity index (χ4v) is 2.82. The molecule has 1 aromatic rings. The van der Waals surface area contributed by atoms with E-state index in [-0.39, 0.29) is 11.8 Å². The molecule has 122 valence electrons. The summed E-state index contributed by atoms with van der Waals surface area (Å²) >= 11 is 0. The predicted molar refractivity (Wildman–Crippen MR) is 88.5 cm³/mol. The zero-order chi connectivity index (χ0) is 15.6. The summed E-state index contributed by atoms with van der Waals surface area (Å²) in [6.45, 7) is 5.26. The van der Waals surface area contributed by atoms with Crippen molar-refractivity contribution in [2.45, 2.75) is 45.3 Å². The van der Waals surface area contributed by atoms with E-state index in [0.29, 0.717) is 12.6 Å². The van der Waals surface area contributed by atoms with Gasteiger partial charge in [0.15, 0.2) is 0 Å². The molecule has 0 radical (unpaired) electrons. The molecule has 4 heteroatoms. The maximum Gasteiger partial charge on any atom is 0.223 e. The Labute approximate surface area is 133 Å². The standard InChI is InChI=1S/C18H28N2O2/c1-15-13-17(9-11-19-15)18(21)20-10-5-6-12-22-14-16-7-3-2-4-8-16/h2-4,7-8,15,17,19H,5-6,9-14H2,1H3,(H,20,21)/t15-,17-/m0/s1. The number of benzene rings is 1. The minimum atomic E-state index is 0.186. The Kier molecular flexibility index (Phi) is 7.40. The third-order valence-corrected chi connectivity index (χ3v) is 4.12. The molecule has 1 heterocycles. The van der Waals surface area contributed by atoms with E-state index in [1.54, 1.807) is 0 Å². The second-order valence-electron chi connectivity index (χ2n) is 6.11. The average Bonchev–Trinajstić information content (AvgIpc) is 2.54. The average molecular weight is 304 g/mol. The first-order chi connectivity index (χ1) is 10.8. The van der Waals surface area contributed by atoms with Gasteiger partial charge in [-0.05, 0) is 44.7 Å². The molecule has 1 aliphatic heterocycles. The Morgan fingerprint density at radius 3 is 2.91 bits per heavy atom. The number of hydrogen-bond donors (Lipinski definition) is 2. The molecule has 22 heavy (non-hydrogen) atoms. The lowest BCUT2D eigenvalue weighted by Crippen LogP contribution is -2.42. The fraction of sp³-hybridized carbons (Fsp3) is 0.611. The van der Waals surface area contributed by atoms with E-state index in [9.17, 15) is 4.79 Å². The van der Waals surface area contributed by atoms with Gasteiger partial charge in [-0.15, -0.1) is 0 Å². The van der Waals surface area contributed by atoms with Gasteiger partial charge >= 0.3 is 0 Å². The number of carbonyl (C=O) groups excluding carboxylic acids is 1. The van der Waals surface area contributed by atoms with Crippen molar-refractivity contribution in [1.29, 1.82) is 0 Å². The Morgan fingerprint density at radius 1 is 1.32 bits per heavy atom. The van der Waals surface area contributed by atoms with Crippen molar-refractivity contribution in [1.82, 2.24) is 10.6 Å². The number of amides is 1. The molecule has 0 aliphatic carbocycles. The van der Waals surface area contributed by atoms with E-state index in [0.717, 1.165) is 45.4 Å². The highest BCUT2D eigenvalue weighted by molar-refractivity contribution is 5.78. The third kappa shape index (κ3) is 6.16. The molecule has 0 bridgehead atoms. The molecule has 1 amide bonds. The number of hydrogen-bond acceptors (Lipinski definition) is 3. The molecule has 0 saturated carbocycles. The van der Waals surface area contributed by atoms with Crippen molar-refractivity contribution < 1.29 is 9.53 Å². The van der Waals surface area contributed by atoms with Gasteiger partial charge in [0.2, 0.25) is 5.91 Å². The molecule has 2 N–H and O–H groups in total. The van der Waals surface area contributed by atoms with E-state index in [2.05, 4.69) is 29.7 Å². The van der Waals surface area contributed by atoms with Crippen molar-refractivity contribution >= 4 is 5.91 Å². The summed E-state index contributed by atoms with van der Waals surface area (Å²) in [5.74, 6) is 0.407. The van der Waals surface area contributed by atoms with Crippen LogP contribution in [0.5, 0.6) is 0 Å². The van der Waals surface area contributed by atoms with Gasteiger partial charge in [0.05, 0.1) is 6.61 Å². The summed E-state index contributed by atoms with van der Waals surface area (Å²) in [5, 5.41) is 6.43. The van der Waals surface area contributed by atoms with Gasteiger partial charge in [0.1, 0.15) is 0 Å². The molecule has 2 rings (SSSR count). The Balaban J connectivity index is 1.48. The summed E-state index contributed by atoms with van der Waals surface area (Å²) in [7, 11) is 0. The number of rotatable bonds is 8. The summed E-state index contributed by atoms with van der Waals surface area (Å²) < 4.78 is 5.64. The first-order valence-electron chi connectivity index (χ1n) is 8.38. The van der Waals surface area contributed by atoms with Gasteiger partial charge in [0, 0.05) is 25.1 Å². The second-order valence-corrected chi connectivity index (χ2v) is 6.11. The van der Waals surface area contributed by atoms with Crippen molar-refractivity contribution in [2.24, 2.45) is 5.92 Å². The molecule has 0 unspecified atom stereocenters. The van der Waals surface area contributed by atoms with Crippen LogP contribution in [0.2, 0.25) is 0 Å². The van der Waals surface area contributed by atoms with Gasteiger partial charge in [-0.3, -0.25) is 4.79 Å². The van der Waals surface area contributed by atoms with Crippen molar-refractivity contribution in [2.75, 3.05) is 19.7 Å². The Morgan fingerprint density at radius 2 is 2.14 bits per heavy atom. The van der Waals surface area contributed by atoms with Gasteiger partial charge in [0.25, 0.3) is 0 Å². The lowest BCUT2D eigenvalue weighted by Gasteiger charge is -2.27. The Bertz CT molecular complexity index is 436. The number of piperidine rings is 1. The highest BCUT2D eigenvalue weighted by Gasteiger charge is 2.23. The smallest absolute Gasteiger partial charge is 0.223 e. The SMILES string of the molecule is C[C@H]1C[C@@H](C(=O)NCCCCOCc2ccccc2)CCN1. The third-order valence-electron chi connectivity index (χ3n) is 4.12. The lowest BCUT2D eigenvalue weighted by atomic mass is 9.92. The van der Waals surface area contributed by atoms with Gasteiger partial charge < -0.3 is 15.4 Å². The number of carbonyl (C=O) groups is 1. The van der Waals surface area contributed by atoms with Gasteiger partial charge in [-0.25, -0.2) is 0 Å². The van der Waals surface area contributed by atoms with E-state index >= 15 is 0 Å². The zero-order valence-corrected chi connectivity index (χ0v) is 13.5. The zero-order valence-electron chi connectivity index (χ0n) is 13.5. The maximum absolute atomic E-state index is 12.0. The van der Waals surface area contributed by atoms with Crippen LogP contribution in [-0.2, 0) is 16.1 Å². The van der Waals surface area contributed by atoms with Crippen molar-refractivity contribution in [3.8, 4) is 0 Å². The second kappa shape index (κ2) is 9.59. The lowest BCUT2D eigenvalue weighted by molar-refractivity contribution is -0.126. The molecule has 1 aromatic carbocycles. The molecule has 0 aromatic heterocycles. The van der Waals surface area contributed by atoms with Crippen LogP contribution in [-0.4, -0.2) is 31.6 Å². The molecule has 1 aliphatic rings. The van der Waals surface area contributed by atoms with E-state index < -0.39 is 0 Å². The van der Waals surface area contributed by atoms with E-state index in [1.165, 1.54) is 5.56 Å². The van der Waals surface area contributed by atoms with E-state index in [1.807, 2.05) is 18.2 Å². The molecule has 1 saturated heterocycles. The molecule has 0 spiro atoms. The normalized spacial score (nSPS) is 21.5. The van der Waals surface area contributed by atoms with Crippen LogP contribution in [0.3, 0.4) is 0 Å². The van der Waals surface area contributed by atoms with E-state index in [4.69, 9.17) is 4.74 Å². The fourth-order valence-electron chi connectivity index (χ4n) is 2.82. The summed E-state index contributed by atoms with van der Waals surface area (Å²) in [6.07, 6.45) is 3.86. The van der Waals surface area contributed by atoms with Crippen molar-refractivity contribution in [3.63, 3.8) is 0 Å². The first-order valence-corrected chi connectivity index (χ1v) is 8.38. The molecular weight excluding hydrogens is 276 g/mol.